The molecule has 0 saturated carbocycles. The molecule has 314 valence electrons. The van der Waals surface area contributed by atoms with Crippen molar-refractivity contribution < 1.29 is 29.0 Å². The molecule has 1 aliphatic heterocycles. The molecule has 0 radical (unpaired) electrons. The minimum atomic E-state index is -1.14. The van der Waals surface area contributed by atoms with E-state index in [9.17, 15) is 24.3 Å². The van der Waals surface area contributed by atoms with Gasteiger partial charge < -0.3 is 35.6 Å². The van der Waals surface area contributed by atoms with Crippen molar-refractivity contribution in [2.45, 2.75) is 97.6 Å². The second kappa shape index (κ2) is 19.8. The largest absolute Gasteiger partial charge is 0.453 e. The van der Waals surface area contributed by atoms with Gasteiger partial charge in [-0.2, -0.15) is 0 Å². The molecular weight excluding hydrogens is 745 g/mol. The number of methoxy groups -OCH3 is 1. The van der Waals surface area contributed by atoms with E-state index in [1.54, 1.807) is 16.0 Å². The average Bonchev–Trinajstić information content (AvgIpc) is 3.54. The maximum atomic E-state index is 14.6. The van der Waals surface area contributed by atoms with E-state index >= 15 is 0 Å². The number of hydrogen-bond acceptors (Lipinski definition) is 7. The summed E-state index contributed by atoms with van der Waals surface area (Å²) in [5.74, 6) is -0.803. The monoisotopic (exact) mass is 804 g/mol. The summed E-state index contributed by atoms with van der Waals surface area (Å²) < 4.78 is 4.84. The van der Waals surface area contributed by atoms with E-state index in [0.717, 1.165) is 27.9 Å². The predicted octanol–water partition coefficient (Wildman–Crippen LogP) is 6.38. The molecule has 12 heteroatoms. The van der Waals surface area contributed by atoms with Crippen molar-refractivity contribution in [2.75, 3.05) is 20.2 Å². The van der Waals surface area contributed by atoms with Crippen LogP contribution in [0.15, 0.2) is 109 Å². The lowest BCUT2D eigenvalue weighted by Gasteiger charge is -2.38. The summed E-state index contributed by atoms with van der Waals surface area (Å²) in [6.07, 6.45) is 0.573. The van der Waals surface area contributed by atoms with Crippen LogP contribution in [0.4, 0.5) is 9.59 Å². The molecule has 2 unspecified atom stereocenters. The molecule has 4 aromatic rings. The van der Waals surface area contributed by atoms with Crippen molar-refractivity contribution in [3.8, 4) is 11.3 Å². The molecule has 0 aliphatic carbocycles. The van der Waals surface area contributed by atoms with Crippen LogP contribution in [0.2, 0.25) is 0 Å². The normalized spacial score (nSPS) is 15.8. The molecule has 5 rings (SSSR count). The number of aliphatic hydroxyl groups excluding tert-OH is 1. The Morgan fingerprint density at radius 3 is 1.92 bits per heavy atom. The van der Waals surface area contributed by atoms with Gasteiger partial charge in [-0.15, -0.1) is 0 Å². The molecule has 2 heterocycles. The van der Waals surface area contributed by atoms with Crippen molar-refractivity contribution in [1.29, 1.82) is 0 Å². The maximum Gasteiger partial charge on any atom is 0.407 e. The van der Waals surface area contributed by atoms with Gasteiger partial charge in [0.15, 0.2) is 0 Å². The number of rotatable bonds is 16. The Hall–Kier alpha value is -5.75. The lowest BCUT2D eigenvalue weighted by atomic mass is 9.84. The number of carbonyl (C=O) groups is 4. The van der Waals surface area contributed by atoms with Crippen molar-refractivity contribution in [3.05, 3.63) is 126 Å². The number of amides is 5. The molecule has 4 N–H and O–H groups in total. The summed E-state index contributed by atoms with van der Waals surface area (Å²) >= 11 is 0. The molecule has 5 atom stereocenters. The van der Waals surface area contributed by atoms with Crippen LogP contribution >= 0.6 is 0 Å². The van der Waals surface area contributed by atoms with Gasteiger partial charge in [-0.1, -0.05) is 133 Å². The van der Waals surface area contributed by atoms with Crippen molar-refractivity contribution >= 4 is 23.9 Å². The van der Waals surface area contributed by atoms with Gasteiger partial charge in [0.25, 0.3) is 0 Å². The molecule has 1 saturated heterocycles. The number of aliphatic hydroxyl groups is 1. The number of nitrogens with one attached hydrogen (secondary N) is 3. The fourth-order valence-electron chi connectivity index (χ4n) is 7.62. The van der Waals surface area contributed by atoms with Crippen LogP contribution in [0.1, 0.15) is 64.7 Å². The fourth-order valence-corrected chi connectivity index (χ4v) is 7.62. The molecule has 1 aromatic heterocycles. The van der Waals surface area contributed by atoms with Crippen LogP contribution in [0, 0.1) is 10.8 Å². The SMILES string of the molecule is COC(=O)NC(C(=O)N[C@H](Cc1ccc(-c2ccccn2)cc1)C[C@H](O)[C@H](Cc1ccccc1)NC(=O)C(N1CCN(Cc2ccccc2)C1=O)C(C)(C)C)C(C)(C)C. The summed E-state index contributed by atoms with van der Waals surface area (Å²) in [6, 6.07) is 29.5. The Bertz CT molecular complexity index is 1980. The third-order valence-electron chi connectivity index (χ3n) is 10.7. The Labute approximate surface area is 348 Å². The molecule has 12 nitrogen and oxygen atoms in total. The van der Waals surface area contributed by atoms with Crippen LogP contribution in [0.3, 0.4) is 0 Å². The van der Waals surface area contributed by atoms with Crippen molar-refractivity contribution in [1.82, 2.24) is 30.7 Å². The molecule has 3 aromatic carbocycles. The Morgan fingerprint density at radius 2 is 1.34 bits per heavy atom. The summed E-state index contributed by atoms with van der Waals surface area (Å²) in [5, 5.41) is 21.2. The van der Waals surface area contributed by atoms with Gasteiger partial charge in [0.2, 0.25) is 11.8 Å². The lowest BCUT2D eigenvalue weighted by Crippen LogP contribution is -2.59. The highest BCUT2D eigenvalue weighted by atomic mass is 16.5. The van der Waals surface area contributed by atoms with E-state index in [2.05, 4.69) is 20.9 Å². The molecule has 0 bridgehead atoms. The smallest absolute Gasteiger partial charge is 0.407 e. The van der Waals surface area contributed by atoms with Gasteiger partial charge in [-0.25, -0.2) is 9.59 Å². The number of urea groups is 1. The third-order valence-corrected chi connectivity index (χ3v) is 10.7. The number of alkyl carbamates (subject to hydrolysis) is 1. The zero-order valence-corrected chi connectivity index (χ0v) is 35.4. The molecule has 0 spiro atoms. The first-order valence-corrected chi connectivity index (χ1v) is 20.3. The number of benzene rings is 3. The summed E-state index contributed by atoms with van der Waals surface area (Å²) in [4.78, 5) is 62.7. The summed E-state index contributed by atoms with van der Waals surface area (Å²) in [5.41, 5.74) is 3.25. The van der Waals surface area contributed by atoms with Crippen LogP contribution in [0.5, 0.6) is 0 Å². The van der Waals surface area contributed by atoms with Gasteiger partial charge in [-0.3, -0.25) is 14.6 Å². The minimum absolute atomic E-state index is 0.0638. The highest BCUT2D eigenvalue weighted by molar-refractivity contribution is 5.89. The van der Waals surface area contributed by atoms with E-state index in [-0.39, 0.29) is 18.4 Å². The summed E-state index contributed by atoms with van der Waals surface area (Å²) in [6.45, 7) is 12.6. The van der Waals surface area contributed by atoms with E-state index in [4.69, 9.17) is 4.74 Å². The van der Waals surface area contributed by atoms with E-state index in [1.165, 1.54) is 7.11 Å². The quantitative estimate of drug-likeness (QED) is 0.103. The van der Waals surface area contributed by atoms with Crippen molar-refractivity contribution in [3.63, 3.8) is 0 Å². The van der Waals surface area contributed by atoms with Gasteiger partial charge in [0.05, 0.1) is 24.9 Å². The second-order valence-electron chi connectivity index (χ2n) is 17.5. The zero-order chi connectivity index (χ0) is 42.7. The first kappa shape index (κ1) is 44.4. The Morgan fingerprint density at radius 1 is 0.729 bits per heavy atom. The van der Waals surface area contributed by atoms with Crippen LogP contribution in [-0.2, 0) is 33.7 Å². The zero-order valence-electron chi connectivity index (χ0n) is 35.4. The topological polar surface area (TPSA) is 153 Å². The van der Waals surface area contributed by atoms with Gasteiger partial charge >= 0.3 is 12.1 Å². The van der Waals surface area contributed by atoms with Gasteiger partial charge in [-0.05, 0) is 58.9 Å². The van der Waals surface area contributed by atoms with E-state index < -0.39 is 53.1 Å². The standard InChI is InChI=1S/C47H60N6O6/c1-46(2,3)40(51-44(57)59-7)42(55)49-36(28-33-21-23-35(24-22-33)37-20-14-15-25-48-37)30-39(54)38(29-32-16-10-8-11-17-32)50-43(56)41(47(4,5)6)53-27-26-52(45(53)58)31-34-18-12-9-13-19-34/h8-25,36,38-41,54H,26-31H2,1-7H3,(H,49,55)(H,50,56)(H,51,57)/t36-,38+,39+,40?,41?/m1/s1. The molecule has 5 amide bonds. The van der Waals surface area contributed by atoms with Gasteiger partial charge in [0.1, 0.15) is 12.1 Å². The average molecular weight is 805 g/mol. The highest BCUT2D eigenvalue weighted by Crippen LogP contribution is 2.29. The highest BCUT2D eigenvalue weighted by Gasteiger charge is 2.44. The van der Waals surface area contributed by atoms with Crippen molar-refractivity contribution in [2.24, 2.45) is 10.8 Å². The third kappa shape index (κ3) is 12.4. The number of carbonyl (C=O) groups excluding carboxylic acids is 4. The molecule has 1 aliphatic rings. The van der Waals surface area contributed by atoms with Crippen LogP contribution in [0.25, 0.3) is 11.3 Å². The summed E-state index contributed by atoms with van der Waals surface area (Å²) in [7, 11) is 1.24. The first-order chi connectivity index (χ1) is 28.0. The number of pyridine rings is 1. The molecule has 1 fully saturated rings. The van der Waals surface area contributed by atoms with E-state index in [0.29, 0.717) is 32.5 Å². The minimum Gasteiger partial charge on any atom is -0.453 e. The van der Waals surface area contributed by atoms with Gasteiger partial charge in [0, 0.05) is 37.4 Å². The fraction of sp³-hybridized carbons (Fsp3) is 0.426. The Kier molecular flexibility index (Phi) is 14.9. The predicted molar refractivity (Wildman–Crippen MR) is 229 cm³/mol. The maximum absolute atomic E-state index is 14.6. The molecule has 59 heavy (non-hydrogen) atoms. The van der Waals surface area contributed by atoms with E-state index in [1.807, 2.05) is 145 Å². The number of ether oxygens (including phenoxy) is 1. The molecular formula is C47H60N6O6. The number of hydrogen-bond donors (Lipinski definition) is 4. The van der Waals surface area contributed by atoms with Crippen LogP contribution < -0.4 is 16.0 Å². The Balaban J connectivity index is 1.42. The van der Waals surface area contributed by atoms with Crippen LogP contribution in [-0.4, -0.2) is 94.3 Å². The first-order valence-electron chi connectivity index (χ1n) is 20.3. The lowest BCUT2D eigenvalue weighted by molar-refractivity contribution is -0.131. The number of nitrogens with zero attached hydrogens (tertiary/aromatic N) is 3. The second-order valence-corrected chi connectivity index (χ2v) is 17.5. The number of aromatic nitrogens is 1.